The molecule has 0 amide bonds. The molecule has 0 saturated carbocycles. The van der Waals surface area contributed by atoms with E-state index in [-0.39, 0.29) is 10.7 Å². The lowest BCUT2D eigenvalue weighted by Crippen LogP contribution is -2.14. The van der Waals surface area contributed by atoms with Crippen LogP contribution in [0.25, 0.3) is 0 Å². The third kappa shape index (κ3) is 5.29. The fourth-order valence-electron chi connectivity index (χ4n) is 2.16. The number of rotatable bonds is 5. The largest absolute Gasteiger partial charge is 0.416 e. The van der Waals surface area contributed by atoms with Crippen LogP contribution in [0.1, 0.15) is 18.1 Å². The van der Waals surface area contributed by atoms with Crippen LogP contribution < -0.4 is 5.32 Å². The van der Waals surface area contributed by atoms with Crippen molar-refractivity contribution >= 4 is 46.6 Å². The average Bonchev–Trinajstić information content (AvgIpc) is 2.54. The Balaban J connectivity index is 2.40. The van der Waals surface area contributed by atoms with Gasteiger partial charge in [-0.05, 0) is 49.7 Å². The molecule has 0 fully saturated rings. The topological polar surface area (TPSA) is 27.6 Å². The second-order valence-corrected chi connectivity index (χ2v) is 6.63. The molecule has 2 aromatic rings. The monoisotopic (exact) mass is 403 g/mol. The summed E-state index contributed by atoms with van der Waals surface area (Å²) in [5.74, 6) is 0. The van der Waals surface area contributed by atoms with E-state index >= 15 is 0 Å². The molecule has 0 aromatic heterocycles. The van der Waals surface area contributed by atoms with Gasteiger partial charge in [0.05, 0.1) is 28.3 Å². The predicted molar refractivity (Wildman–Crippen MR) is 102 cm³/mol. The van der Waals surface area contributed by atoms with Crippen molar-refractivity contribution in [1.29, 1.82) is 0 Å². The molecule has 0 spiro atoms. The van der Waals surface area contributed by atoms with Crippen LogP contribution in [0.4, 0.5) is 30.2 Å². The van der Waals surface area contributed by atoms with Crippen LogP contribution >= 0.6 is 23.2 Å². The van der Waals surface area contributed by atoms with E-state index in [2.05, 4.69) is 10.3 Å². The van der Waals surface area contributed by atoms with Crippen LogP contribution in [-0.4, -0.2) is 24.8 Å². The van der Waals surface area contributed by atoms with Crippen molar-refractivity contribution in [3.8, 4) is 0 Å². The SMILES string of the molecule is CCN(C)C=Nc1cc(C)cc(Nc2cc(Cl)cc(C(F)(F)F)c2)c1Cl. The highest BCUT2D eigenvalue weighted by atomic mass is 35.5. The van der Waals surface area contributed by atoms with Crippen molar-refractivity contribution in [2.45, 2.75) is 20.0 Å². The summed E-state index contributed by atoms with van der Waals surface area (Å²) in [6.07, 6.45) is -2.84. The first-order valence-electron chi connectivity index (χ1n) is 7.79. The van der Waals surface area contributed by atoms with Gasteiger partial charge in [-0.25, -0.2) is 4.99 Å². The van der Waals surface area contributed by atoms with E-state index in [1.807, 2.05) is 25.8 Å². The minimum atomic E-state index is -4.49. The number of nitrogens with one attached hydrogen (secondary N) is 1. The van der Waals surface area contributed by atoms with Gasteiger partial charge < -0.3 is 10.2 Å². The number of nitrogens with zero attached hydrogens (tertiary/aromatic N) is 2. The molecule has 0 atom stereocenters. The van der Waals surface area contributed by atoms with E-state index in [1.165, 1.54) is 6.07 Å². The van der Waals surface area contributed by atoms with E-state index in [1.54, 1.807) is 18.5 Å². The van der Waals surface area contributed by atoms with Crippen LogP contribution in [0, 0.1) is 6.92 Å². The highest BCUT2D eigenvalue weighted by Gasteiger charge is 2.31. The maximum Gasteiger partial charge on any atom is 0.416 e. The lowest BCUT2D eigenvalue weighted by Gasteiger charge is -2.15. The molecule has 2 aromatic carbocycles. The van der Waals surface area contributed by atoms with Gasteiger partial charge in [0, 0.05) is 24.3 Å². The Morgan fingerprint density at radius 1 is 1.15 bits per heavy atom. The summed E-state index contributed by atoms with van der Waals surface area (Å²) in [4.78, 5) is 6.21. The lowest BCUT2D eigenvalue weighted by molar-refractivity contribution is -0.137. The second kappa shape index (κ2) is 8.18. The average molecular weight is 404 g/mol. The standard InChI is InChI=1S/C18H18Cl2F3N3/c1-4-26(3)10-24-15-5-11(2)6-16(17(15)20)25-14-8-12(18(21,22)23)7-13(19)9-14/h5-10,25H,4H2,1-3H3. The maximum absolute atomic E-state index is 13.0. The number of benzene rings is 2. The molecule has 0 saturated heterocycles. The van der Waals surface area contributed by atoms with E-state index in [9.17, 15) is 13.2 Å². The molecule has 0 aliphatic heterocycles. The summed E-state index contributed by atoms with van der Waals surface area (Å²) < 4.78 is 38.9. The molecule has 140 valence electrons. The van der Waals surface area contributed by atoms with Crippen LogP contribution in [0.5, 0.6) is 0 Å². The number of hydrogen-bond acceptors (Lipinski definition) is 2. The molecule has 2 rings (SSSR count). The summed E-state index contributed by atoms with van der Waals surface area (Å²) in [7, 11) is 1.87. The molecular formula is C18H18Cl2F3N3. The Hall–Kier alpha value is -1.92. The van der Waals surface area contributed by atoms with Gasteiger partial charge >= 0.3 is 6.18 Å². The van der Waals surface area contributed by atoms with Gasteiger partial charge in [0.15, 0.2) is 0 Å². The van der Waals surface area contributed by atoms with Crippen molar-refractivity contribution in [3.05, 3.63) is 51.5 Å². The van der Waals surface area contributed by atoms with Gasteiger partial charge in [-0.2, -0.15) is 13.2 Å². The normalized spacial score (nSPS) is 11.8. The quantitative estimate of drug-likeness (QED) is 0.445. The molecular weight excluding hydrogens is 386 g/mol. The molecule has 1 N–H and O–H groups in total. The van der Waals surface area contributed by atoms with Crippen molar-refractivity contribution in [3.63, 3.8) is 0 Å². The Morgan fingerprint density at radius 3 is 2.46 bits per heavy atom. The Bertz CT molecular complexity index is 820. The Labute approximate surface area is 160 Å². The van der Waals surface area contributed by atoms with E-state index in [4.69, 9.17) is 23.2 Å². The van der Waals surface area contributed by atoms with Crippen molar-refractivity contribution < 1.29 is 13.2 Å². The zero-order chi connectivity index (χ0) is 19.5. The first kappa shape index (κ1) is 20.4. The summed E-state index contributed by atoms with van der Waals surface area (Å²) >= 11 is 12.2. The van der Waals surface area contributed by atoms with Crippen LogP contribution in [0.3, 0.4) is 0 Å². The lowest BCUT2D eigenvalue weighted by atomic mass is 10.1. The molecule has 0 aliphatic carbocycles. The molecule has 0 unspecified atom stereocenters. The third-order valence-corrected chi connectivity index (χ3v) is 4.21. The van der Waals surface area contributed by atoms with Crippen LogP contribution in [-0.2, 0) is 6.18 Å². The van der Waals surface area contributed by atoms with E-state index in [0.717, 1.165) is 24.2 Å². The smallest absolute Gasteiger partial charge is 0.366 e. The Morgan fingerprint density at radius 2 is 1.85 bits per heavy atom. The van der Waals surface area contributed by atoms with E-state index in [0.29, 0.717) is 16.4 Å². The second-order valence-electron chi connectivity index (χ2n) is 5.81. The van der Waals surface area contributed by atoms with Gasteiger partial charge in [0.1, 0.15) is 0 Å². The number of aliphatic imine (C=N–C) groups is 1. The number of aryl methyl sites for hydroxylation is 1. The molecule has 8 heteroatoms. The first-order valence-corrected chi connectivity index (χ1v) is 8.55. The van der Waals surface area contributed by atoms with Gasteiger partial charge in [-0.15, -0.1) is 0 Å². The summed E-state index contributed by atoms with van der Waals surface area (Å²) in [5, 5.41) is 3.20. The van der Waals surface area contributed by atoms with Gasteiger partial charge in [-0.1, -0.05) is 23.2 Å². The molecule has 0 radical (unpaired) electrons. The van der Waals surface area contributed by atoms with Crippen LogP contribution in [0.2, 0.25) is 10.0 Å². The summed E-state index contributed by atoms with van der Waals surface area (Å²) in [5.41, 5.74) is 1.19. The van der Waals surface area contributed by atoms with Crippen molar-refractivity contribution in [2.75, 3.05) is 18.9 Å². The number of hydrogen-bond donors (Lipinski definition) is 1. The molecule has 0 aliphatic rings. The fraction of sp³-hybridized carbons (Fsp3) is 0.278. The van der Waals surface area contributed by atoms with Gasteiger partial charge in [0.25, 0.3) is 0 Å². The predicted octanol–water partition coefficient (Wildman–Crippen LogP) is 6.68. The summed E-state index contributed by atoms with van der Waals surface area (Å²) in [6, 6.07) is 6.80. The van der Waals surface area contributed by atoms with E-state index < -0.39 is 11.7 Å². The number of anilines is 2. The Kier molecular flexibility index (Phi) is 6.42. The van der Waals surface area contributed by atoms with Crippen molar-refractivity contribution in [1.82, 2.24) is 4.90 Å². The maximum atomic E-state index is 13.0. The fourth-order valence-corrected chi connectivity index (χ4v) is 2.60. The summed E-state index contributed by atoms with van der Waals surface area (Å²) in [6.45, 7) is 4.61. The highest BCUT2D eigenvalue weighted by Crippen LogP contribution is 2.38. The zero-order valence-corrected chi connectivity index (χ0v) is 16.0. The van der Waals surface area contributed by atoms with Gasteiger partial charge in [-0.3, -0.25) is 0 Å². The number of alkyl halides is 3. The minimum Gasteiger partial charge on any atom is -0.366 e. The minimum absolute atomic E-state index is 0.0195. The third-order valence-electron chi connectivity index (χ3n) is 3.59. The van der Waals surface area contributed by atoms with Crippen LogP contribution in [0.15, 0.2) is 35.3 Å². The zero-order valence-electron chi connectivity index (χ0n) is 14.5. The number of halogens is 5. The molecule has 0 bridgehead atoms. The molecule has 0 heterocycles. The highest BCUT2D eigenvalue weighted by molar-refractivity contribution is 6.36. The van der Waals surface area contributed by atoms with Gasteiger partial charge in [0.2, 0.25) is 0 Å². The first-order chi connectivity index (χ1) is 12.1. The molecule has 26 heavy (non-hydrogen) atoms. The van der Waals surface area contributed by atoms with Crippen molar-refractivity contribution in [2.24, 2.45) is 4.99 Å². The molecule has 3 nitrogen and oxygen atoms in total.